The van der Waals surface area contributed by atoms with Crippen molar-refractivity contribution >= 4 is 0 Å². The fourth-order valence-electron chi connectivity index (χ4n) is 2.27. The lowest BCUT2D eigenvalue weighted by Crippen LogP contribution is -2.12. The predicted molar refractivity (Wildman–Crippen MR) is 67.0 cm³/mol. The predicted octanol–water partition coefficient (Wildman–Crippen LogP) is 2.07. The van der Waals surface area contributed by atoms with Gasteiger partial charge in [0.15, 0.2) is 0 Å². The number of ether oxygens (including phenoxy) is 1. The number of rotatable bonds is 5. The Kier molecular flexibility index (Phi) is 4.31. The number of hydrogen-bond acceptors (Lipinski definition) is 4. The zero-order valence-corrected chi connectivity index (χ0v) is 10.7. The normalized spacial score (nSPS) is 16.4. The van der Waals surface area contributed by atoms with E-state index in [2.05, 4.69) is 15.3 Å². The zero-order valence-electron chi connectivity index (χ0n) is 10.7. The minimum atomic E-state index is 0.522. The van der Waals surface area contributed by atoms with E-state index < -0.39 is 0 Å². The fraction of sp³-hybridized carbons (Fsp3) is 0.692. The molecule has 0 saturated heterocycles. The SMILES string of the molecule is CNCc1cnc(OCC2CCCC2)nc1C. The lowest BCUT2D eigenvalue weighted by atomic mass is 10.1. The molecule has 1 N–H and O–H groups in total. The quantitative estimate of drug-likeness (QED) is 0.848. The van der Waals surface area contributed by atoms with E-state index >= 15 is 0 Å². The van der Waals surface area contributed by atoms with Gasteiger partial charge in [-0.1, -0.05) is 12.8 Å². The van der Waals surface area contributed by atoms with Crippen molar-refractivity contribution in [2.45, 2.75) is 39.2 Å². The number of aromatic nitrogens is 2. The van der Waals surface area contributed by atoms with Crippen molar-refractivity contribution in [3.05, 3.63) is 17.5 Å². The average molecular weight is 235 g/mol. The highest BCUT2D eigenvalue weighted by molar-refractivity contribution is 5.17. The molecule has 1 heterocycles. The lowest BCUT2D eigenvalue weighted by molar-refractivity contribution is 0.233. The summed E-state index contributed by atoms with van der Waals surface area (Å²) in [5, 5.41) is 3.10. The molecule has 1 saturated carbocycles. The molecular weight excluding hydrogens is 214 g/mol. The highest BCUT2D eigenvalue weighted by Gasteiger charge is 2.16. The highest BCUT2D eigenvalue weighted by atomic mass is 16.5. The van der Waals surface area contributed by atoms with Crippen LogP contribution in [0.25, 0.3) is 0 Å². The van der Waals surface area contributed by atoms with Crippen LogP contribution in [0.3, 0.4) is 0 Å². The Morgan fingerprint density at radius 1 is 1.41 bits per heavy atom. The summed E-state index contributed by atoms with van der Waals surface area (Å²) < 4.78 is 5.66. The van der Waals surface area contributed by atoms with E-state index in [9.17, 15) is 0 Å². The Labute approximate surface area is 103 Å². The molecule has 0 amide bonds. The molecule has 1 fully saturated rings. The first kappa shape index (κ1) is 12.3. The van der Waals surface area contributed by atoms with Crippen LogP contribution in [0, 0.1) is 12.8 Å². The second kappa shape index (κ2) is 5.96. The van der Waals surface area contributed by atoms with Gasteiger partial charge >= 0.3 is 6.01 Å². The van der Waals surface area contributed by atoms with Crippen LogP contribution in [0.4, 0.5) is 0 Å². The van der Waals surface area contributed by atoms with Gasteiger partial charge in [0.2, 0.25) is 0 Å². The maximum absolute atomic E-state index is 5.66. The van der Waals surface area contributed by atoms with Crippen molar-refractivity contribution in [1.82, 2.24) is 15.3 Å². The second-order valence-electron chi connectivity index (χ2n) is 4.76. The fourth-order valence-corrected chi connectivity index (χ4v) is 2.27. The molecular formula is C13H21N3O. The highest BCUT2D eigenvalue weighted by Crippen LogP contribution is 2.25. The Balaban J connectivity index is 1.90. The minimum absolute atomic E-state index is 0.522. The molecule has 1 aliphatic rings. The molecule has 1 aliphatic carbocycles. The third kappa shape index (κ3) is 3.40. The largest absolute Gasteiger partial charge is 0.463 e. The summed E-state index contributed by atoms with van der Waals surface area (Å²) in [7, 11) is 1.92. The van der Waals surface area contributed by atoms with Gasteiger partial charge in [-0.3, -0.25) is 0 Å². The first-order chi connectivity index (χ1) is 8.29. The van der Waals surface area contributed by atoms with E-state index in [-0.39, 0.29) is 0 Å². The molecule has 94 valence electrons. The molecule has 0 radical (unpaired) electrons. The van der Waals surface area contributed by atoms with E-state index in [0.717, 1.165) is 24.4 Å². The van der Waals surface area contributed by atoms with Crippen LogP contribution in [0.15, 0.2) is 6.20 Å². The van der Waals surface area contributed by atoms with Crippen LogP contribution in [0.1, 0.15) is 36.9 Å². The molecule has 1 aromatic rings. The summed E-state index contributed by atoms with van der Waals surface area (Å²) in [6.45, 7) is 3.57. The van der Waals surface area contributed by atoms with Gasteiger partial charge in [-0.15, -0.1) is 0 Å². The molecule has 4 nitrogen and oxygen atoms in total. The molecule has 0 aliphatic heterocycles. The van der Waals surface area contributed by atoms with Crippen molar-refractivity contribution in [3.63, 3.8) is 0 Å². The molecule has 0 atom stereocenters. The number of aryl methyl sites for hydroxylation is 1. The van der Waals surface area contributed by atoms with Gasteiger partial charge in [0.1, 0.15) is 0 Å². The molecule has 2 rings (SSSR count). The third-order valence-corrected chi connectivity index (χ3v) is 3.35. The number of nitrogens with zero attached hydrogens (tertiary/aromatic N) is 2. The van der Waals surface area contributed by atoms with Crippen LogP contribution in [-0.2, 0) is 6.54 Å². The Hall–Kier alpha value is -1.16. The van der Waals surface area contributed by atoms with Gasteiger partial charge in [0.05, 0.1) is 6.61 Å². The van der Waals surface area contributed by atoms with Crippen LogP contribution >= 0.6 is 0 Å². The van der Waals surface area contributed by atoms with E-state index in [0.29, 0.717) is 11.9 Å². The molecule has 4 heteroatoms. The van der Waals surface area contributed by atoms with Crippen molar-refractivity contribution < 1.29 is 4.74 Å². The summed E-state index contributed by atoms with van der Waals surface area (Å²) >= 11 is 0. The van der Waals surface area contributed by atoms with Gasteiger partial charge in [0, 0.05) is 24.0 Å². The van der Waals surface area contributed by atoms with E-state index in [1.54, 1.807) is 0 Å². The molecule has 0 unspecified atom stereocenters. The Morgan fingerprint density at radius 3 is 2.82 bits per heavy atom. The van der Waals surface area contributed by atoms with Gasteiger partial charge in [0.25, 0.3) is 0 Å². The Morgan fingerprint density at radius 2 is 2.18 bits per heavy atom. The second-order valence-corrected chi connectivity index (χ2v) is 4.76. The van der Waals surface area contributed by atoms with Crippen molar-refractivity contribution in [2.24, 2.45) is 5.92 Å². The van der Waals surface area contributed by atoms with E-state index in [1.165, 1.54) is 25.7 Å². The summed E-state index contributed by atoms with van der Waals surface area (Å²) in [5.41, 5.74) is 2.12. The molecule has 1 aromatic heterocycles. The minimum Gasteiger partial charge on any atom is -0.463 e. The number of nitrogens with one attached hydrogen (secondary N) is 1. The first-order valence-corrected chi connectivity index (χ1v) is 6.39. The van der Waals surface area contributed by atoms with Gasteiger partial charge in [-0.25, -0.2) is 9.97 Å². The third-order valence-electron chi connectivity index (χ3n) is 3.35. The van der Waals surface area contributed by atoms with Crippen LogP contribution in [-0.4, -0.2) is 23.6 Å². The van der Waals surface area contributed by atoms with Crippen molar-refractivity contribution in [1.29, 1.82) is 0 Å². The topological polar surface area (TPSA) is 47.0 Å². The smallest absolute Gasteiger partial charge is 0.316 e. The standard InChI is InChI=1S/C13H21N3O/c1-10-12(7-14-2)8-15-13(16-10)17-9-11-5-3-4-6-11/h8,11,14H,3-7,9H2,1-2H3. The monoisotopic (exact) mass is 235 g/mol. The summed E-state index contributed by atoms with van der Waals surface area (Å²) in [4.78, 5) is 8.63. The van der Waals surface area contributed by atoms with E-state index in [1.807, 2.05) is 20.2 Å². The zero-order chi connectivity index (χ0) is 12.1. The van der Waals surface area contributed by atoms with Crippen LogP contribution < -0.4 is 10.1 Å². The van der Waals surface area contributed by atoms with Gasteiger partial charge < -0.3 is 10.1 Å². The summed E-state index contributed by atoms with van der Waals surface area (Å²) in [5.74, 6) is 0.705. The molecule has 0 bridgehead atoms. The lowest BCUT2D eigenvalue weighted by Gasteiger charge is -2.11. The summed E-state index contributed by atoms with van der Waals surface area (Å²) in [6.07, 6.45) is 7.11. The molecule has 0 aromatic carbocycles. The maximum atomic E-state index is 5.66. The van der Waals surface area contributed by atoms with Crippen LogP contribution in [0.5, 0.6) is 6.01 Å². The molecule has 17 heavy (non-hydrogen) atoms. The average Bonchev–Trinajstić information content (AvgIpc) is 2.83. The van der Waals surface area contributed by atoms with Gasteiger partial charge in [-0.05, 0) is 32.7 Å². The summed E-state index contributed by atoms with van der Waals surface area (Å²) in [6, 6.07) is 0.522. The van der Waals surface area contributed by atoms with Crippen molar-refractivity contribution in [3.8, 4) is 6.01 Å². The number of hydrogen-bond donors (Lipinski definition) is 1. The maximum Gasteiger partial charge on any atom is 0.316 e. The van der Waals surface area contributed by atoms with Crippen LogP contribution in [0.2, 0.25) is 0 Å². The molecule has 0 spiro atoms. The van der Waals surface area contributed by atoms with Gasteiger partial charge in [-0.2, -0.15) is 0 Å². The first-order valence-electron chi connectivity index (χ1n) is 6.39. The van der Waals surface area contributed by atoms with E-state index in [4.69, 9.17) is 4.74 Å². The van der Waals surface area contributed by atoms with Crippen molar-refractivity contribution in [2.75, 3.05) is 13.7 Å². The Bertz CT molecular complexity index is 362.